The molecule has 86 valence electrons. The van der Waals surface area contributed by atoms with Crippen molar-refractivity contribution in [2.24, 2.45) is 11.7 Å². The van der Waals surface area contributed by atoms with Crippen LogP contribution in [0.2, 0.25) is 0 Å². The third-order valence-corrected chi connectivity index (χ3v) is 2.23. The molecule has 0 aliphatic rings. The Morgan fingerprint density at radius 2 is 1.93 bits per heavy atom. The average Bonchev–Trinajstić information content (AvgIpc) is 2.16. The van der Waals surface area contributed by atoms with Crippen molar-refractivity contribution in [2.45, 2.75) is 32.6 Å². The molecule has 15 heavy (non-hydrogen) atoms. The van der Waals surface area contributed by atoms with Gasteiger partial charge in [-0.15, -0.1) is 0 Å². The van der Waals surface area contributed by atoms with Crippen LogP contribution in [-0.2, 0) is 9.59 Å². The Hall–Kier alpha value is -1.16. The lowest BCUT2D eigenvalue weighted by Gasteiger charge is -2.10. The summed E-state index contributed by atoms with van der Waals surface area (Å²) in [6.45, 7) is 5.61. The minimum Gasteiger partial charge on any atom is -0.481 e. The molecule has 0 radical (unpaired) electrons. The quantitative estimate of drug-likeness (QED) is 0.362. The largest absolute Gasteiger partial charge is 0.481 e. The van der Waals surface area contributed by atoms with Gasteiger partial charge in [-0.3, -0.25) is 9.59 Å². The van der Waals surface area contributed by atoms with E-state index in [-0.39, 0.29) is 5.78 Å². The molecule has 0 spiro atoms. The van der Waals surface area contributed by atoms with E-state index in [1.54, 1.807) is 0 Å². The minimum atomic E-state index is -1.06. The molecule has 0 aromatic rings. The van der Waals surface area contributed by atoms with Crippen LogP contribution in [0.4, 0.5) is 0 Å². The van der Waals surface area contributed by atoms with E-state index in [4.69, 9.17) is 10.8 Å². The Kier molecular flexibility index (Phi) is 6.62. The van der Waals surface area contributed by atoms with Crippen LogP contribution >= 0.6 is 0 Å². The molecule has 0 saturated heterocycles. The SMILES string of the molecule is C=C(C)C(=O)C(CCCCCN)C(=O)O. The van der Waals surface area contributed by atoms with Gasteiger partial charge in [-0.05, 0) is 31.9 Å². The molecular weight excluding hydrogens is 194 g/mol. The zero-order chi connectivity index (χ0) is 11.8. The highest BCUT2D eigenvalue weighted by Gasteiger charge is 2.25. The zero-order valence-corrected chi connectivity index (χ0v) is 9.16. The number of carbonyl (C=O) groups is 2. The van der Waals surface area contributed by atoms with Crippen molar-refractivity contribution in [1.29, 1.82) is 0 Å². The fourth-order valence-electron chi connectivity index (χ4n) is 1.33. The fourth-order valence-corrected chi connectivity index (χ4v) is 1.33. The van der Waals surface area contributed by atoms with E-state index >= 15 is 0 Å². The van der Waals surface area contributed by atoms with Gasteiger partial charge in [-0.1, -0.05) is 19.4 Å². The van der Waals surface area contributed by atoms with Crippen LogP contribution in [0.25, 0.3) is 0 Å². The number of hydrogen-bond acceptors (Lipinski definition) is 3. The topological polar surface area (TPSA) is 80.4 Å². The number of rotatable bonds is 8. The van der Waals surface area contributed by atoms with Crippen molar-refractivity contribution in [1.82, 2.24) is 0 Å². The average molecular weight is 213 g/mol. The third-order valence-electron chi connectivity index (χ3n) is 2.23. The molecule has 3 N–H and O–H groups in total. The van der Waals surface area contributed by atoms with Gasteiger partial charge in [-0.25, -0.2) is 0 Å². The molecule has 0 aromatic carbocycles. The van der Waals surface area contributed by atoms with Crippen molar-refractivity contribution in [3.8, 4) is 0 Å². The van der Waals surface area contributed by atoms with Gasteiger partial charge in [0.15, 0.2) is 5.78 Å². The zero-order valence-electron chi connectivity index (χ0n) is 9.16. The number of carboxylic acids is 1. The molecule has 0 aliphatic carbocycles. The molecule has 0 heterocycles. The summed E-state index contributed by atoms with van der Waals surface area (Å²) >= 11 is 0. The molecular formula is C11H19NO3. The van der Waals surface area contributed by atoms with Crippen LogP contribution < -0.4 is 5.73 Å². The van der Waals surface area contributed by atoms with Gasteiger partial charge in [0, 0.05) is 0 Å². The second kappa shape index (κ2) is 7.17. The Morgan fingerprint density at radius 1 is 1.33 bits per heavy atom. The summed E-state index contributed by atoms with van der Waals surface area (Å²) in [5.74, 6) is -2.36. The van der Waals surface area contributed by atoms with Gasteiger partial charge in [0.1, 0.15) is 5.92 Å². The number of Topliss-reactive ketones (excluding diaryl/α,β-unsaturated/α-hetero) is 1. The highest BCUT2D eigenvalue weighted by molar-refractivity contribution is 6.07. The number of aliphatic carboxylic acids is 1. The maximum Gasteiger partial charge on any atom is 0.314 e. The summed E-state index contributed by atoms with van der Waals surface area (Å²) in [7, 11) is 0. The molecule has 0 fully saturated rings. The van der Waals surface area contributed by atoms with Gasteiger partial charge in [0.25, 0.3) is 0 Å². The highest BCUT2D eigenvalue weighted by Crippen LogP contribution is 2.14. The Bertz CT molecular complexity index is 248. The Morgan fingerprint density at radius 3 is 2.33 bits per heavy atom. The van der Waals surface area contributed by atoms with E-state index in [0.717, 1.165) is 12.8 Å². The van der Waals surface area contributed by atoms with Crippen LogP contribution in [0, 0.1) is 5.92 Å². The fraction of sp³-hybridized carbons (Fsp3) is 0.636. The van der Waals surface area contributed by atoms with Gasteiger partial charge in [0.05, 0.1) is 0 Å². The molecule has 0 saturated carbocycles. The van der Waals surface area contributed by atoms with Gasteiger partial charge < -0.3 is 10.8 Å². The number of nitrogens with two attached hydrogens (primary N) is 1. The van der Waals surface area contributed by atoms with Crippen molar-refractivity contribution in [3.05, 3.63) is 12.2 Å². The second-order valence-electron chi connectivity index (χ2n) is 3.67. The molecule has 4 nitrogen and oxygen atoms in total. The van der Waals surface area contributed by atoms with E-state index in [0.29, 0.717) is 25.0 Å². The summed E-state index contributed by atoms with van der Waals surface area (Å²) in [5.41, 5.74) is 5.62. The number of ketones is 1. The summed E-state index contributed by atoms with van der Waals surface area (Å²) < 4.78 is 0. The number of allylic oxidation sites excluding steroid dienone is 1. The summed E-state index contributed by atoms with van der Waals surface area (Å²) in [6, 6.07) is 0. The third kappa shape index (κ3) is 5.32. The number of hydrogen-bond donors (Lipinski definition) is 2. The van der Waals surface area contributed by atoms with Crippen LogP contribution in [0.1, 0.15) is 32.6 Å². The molecule has 0 rings (SSSR count). The molecule has 0 aliphatic heterocycles. The molecule has 0 aromatic heterocycles. The monoisotopic (exact) mass is 213 g/mol. The van der Waals surface area contributed by atoms with Crippen molar-refractivity contribution in [2.75, 3.05) is 6.54 Å². The number of carbonyl (C=O) groups excluding carboxylic acids is 1. The lowest BCUT2D eigenvalue weighted by Crippen LogP contribution is -2.24. The van der Waals surface area contributed by atoms with E-state index in [2.05, 4.69) is 6.58 Å². The maximum absolute atomic E-state index is 11.4. The smallest absolute Gasteiger partial charge is 0.314 e. The summed E-state index contributed by atoms with van der Waals surface area (Å²) in [6.07, 6.45) is 2.82. The van der Waals surface area contributed by atoms with Gasteiger partial charge in [-0.2, -0.15) is 0 Å². The molecule has 1 unspecified atom stereocenters. The first-order chi connectivity index (χ1) is 7.00. The van der Waals surface area contributed by atoms with E-state index in [1.165, 1.54) is 6.92 Å². The highest BCUT2D eigenvalue weighted by atomic mass is 16.4. The van der Waals surface area contributed by atoms with E-state index in [1.807, 2.05) is 0 Å². The molecule has 1 atom stereocenters. The normalized spacial score (nSPS) is 12.1. The first-order valence-corrected chi connectivity index (χ1v) is 5.13. The number of carboxylic acid groups (broad SMARTS) is 1. The lowest BCUT2D eigenvalue weighted by molar-refractivity contribution is -0.145. The van der Waals surface area contributed by atoms with E-state index < -0.39 is 11.9 Å². The molecule has 0 amide bonds. The predicted octanol–water partition coefficient (Wildman–Crippen LogP) is 1.35. The standard InChI is InChI=1S/C11H19NO3/c1-8(2)10(13)9(11(14)15)6-4-3-5-7-12/h9H,1,3-7,12H2,2H3,(H,14,15). The Labute approximate surface area is 90.2 Å². The van der Waals surface area contributed by atoms with Gasteiger partial charge in [0.2, 0.25) is 0 Å². The molecule has 4 heteroatoms. The van der Waals surface area contributed by atoms with Crippen LogP contribution in [0.3, 0.4) is 0 Å². The predicted molar refractivity (Wildman–Crippen MR) is 58.5 cm³/mol. The minimum absolute atomic E-state index is 0.307. The van der Waals surface area contributed by atoms with E-state index in [9.17, 15) is 9.59 Å². The van der Waals surface area contributed by atoms with Crippen LogP contribution in [0.5, 0.6) is 0 Å². The lowest BCUT2D eigenvalue weighted by atomic mass is 9.93. The molecule has 0 bridgehead atoms. The van der Waals surface area contributed by atoms with Crippen molar-refractivity contribution in [3.63, 3.8) is 0 Å². The number of unbranched alkanes of at least 4 members (excludes halogenated alkanes) is 2. The first-order valence-electron chi connectivity index (χ1n) is 5.13. The summed E-state index contributed by atoms with van der Waals surface area (Å²) in [4.78, 5) is 22.3. The maximum atomic E-state index is 11.4. The first kappa shape index (κ1) is 13.8. The van der Waals surface area contributed by atoms with Gasteiger partial charge >= 0.3 is 5.97 Å². The second-order valence-corrected chi connectivity index (χ2v) is 3.67. The Balaban J connectivity index is 4.12. The van der Waals surface area contributed by atoms with Crippen LogP contribution in [0.15, 0.2) is 12.2 Å². The van der Waals surface area contributed by atoms with Crippen molar-refractivity contribution >= 4 is 11.8 Å². The summed E-state index contributed by atoms with van der Waals surface area (Å²) in [5, 5.41) is 8.86. The van der Waals surface area contributed by atoms with Crippen molar-refractivity contribution < 1.29 is 14.7 Å². The van der Waals surface area contributed by atoms with Crippen LogP contribution in [-0.4, -0.2) is 23.4 Å².